The van der Waals surface area contributed by atoms with Crippen molar-refractivity contribution in [3.63, 3.8) is 0 Å². The molecule has 0 amide bonds. The molecule has 1 heterocycles. The van der Waals surface area contributed by atoms with Gasteiger partial charge in [0.15, 0.2) is 0 Å². The van der Waals surface area contributed by atoms with E-state index in [2.05, 4.69) is 10.1 Å². The maximum absolute atomic E-state index is 10.9. The Morgan fingerprint density at radius 1 is 1.29 bits per heavy atom. The molecule has 7 heteroatoms. The van der Waals surface area contributed by atoms with Crippen LogP contribution in [0.25, 0.3) is 0 Å². The highest BCUT2D eigenvalue weighted by Crippen LogP contribution is 2.14. The molecule has 0 fully saturated rings. The lowest BCUT2D eigenvalue weighted by Crippen LogP contribution is -2.06. The maximum Gasteiger partial charge on any atom is 0.306 e. The van der Waals surface area contributed by atoms with Gasteiger partial charge in [-0.15, -0.1) is 0 Å². The fourth-order valence-electron chi connectivity index (χ4n) is 1.33. The molecule has 0 aliphatic carbocycles. The lowest BCUT2D eigenvalue weighted by atomic mass is 10.2. The van der Waals surface area contributed by atoms with Crippen LogP contribution in [-0.2, 0) is 16.7 Å². The molecule has 0 aliphatic rings. The largest absolute Gasteiger partial charge is 0.383 e. The quantitative estimate of drug-likeness (QED) is 0.748. The first-order valence-electron chi connectivity index (χ1n) is 4.84. The summed E-state index contributed by atoms with van der Waals surface area (Å²) in [5.74, 6) is 0.301. The molecule has 2 rings (SSSR count). The second-order valence-electron chi connectivity index (χ2n) is 3.52. The topological polar surface area (TPSA) is 74.1 Å². The minimum atomic E-state index is -3.47. The van der Waals surface area contributed by atoms with Crippen LogP contribution in [-0.4, -0.2) is 29.4 Å². The van der Waals surface area contributed by atoms with Crippen molar-refractivity contribution in [1.29, 1.82) is 0 Å². The summed E-state index contributed by atoms with van der Waals surface area (Å²) in [5.41, 5.74) is 0.983. The zero-order valence-electron chi connectivity index (χ0n) is 9.15. The number of hydrogen-bond acceptors (Lipinski definition) is 5. The van der Waals surface area contributed by atoms with Crippen LogP contribution in [0.4, 0.5) is 0 Å². The molecule has 1 aromatic carbocycles. The predicted octanol–water partition coefficient (Wildman–Crippen LogP) is 0.665. The van der Waals surface area contributed by atoms with Gasteiger partial charge in [-0.2, -0.15) is 13.5 Å². The SMILES string of the molecule is CS(=O)(=O)Oc1ccc(Cn2cncn2)cc1. The Labute approximate surface area is 99.0 Å². The second kappa shape index (κ2) is 4.54. The van der Waals surface area contributed by atoms with E-state index < -0.39 is 10.1 Å². The lowest BCUT2D eigenvalue weighted by Gasteiger charge is -2.04. The number of rotatable bonds is 4. The van der Waals surface area contributed by atoms with Crippen LogP contribution in [0, 0.1) is 0 Å². The highest BCUT2D eigenvalue weighted by atomic mass is 32.2. The van der Waals surface area contributed by atoms with E-state index in [4.69, 9.17) is 4.18 Å². The summed E-state index contributed by atoms with van der Waals surface area (Å²) in [5, 5.41) is 3.97. The molecule has 0 bridgehead atoms. The Kier molecular flexibility index (Phi) is 3.10. The van der Waals surface area contributed by atoms with E-state index in [-0.39, 0.29) is 0 Å². The first-order chi connectivity index (χ1) is 8.03. The third-order valence-electron chi connectivity index (χ3n) is 1.98. The molecule has 0 unspecified atom stereocenters. The van der Waals surface area contributed by atoms with Crippen molar-refractivity contribution in [2.24, 2.45) is 0 Å². The van der Waals surface area contributed by atoms with E-state index in [1.807, 2.05) is 0 Å². The van der Waals surface area contributed by atoms with Gasteiger partial charge in [0, 0.05) is 0 Å². The van der Waals surface area contributed by atoms with Crippen LogP contribution in [0.15, 0.2) is 36.9 Å². The van der Waals surface area contributed by atoms with Crippen molar-refractivity contribution >= 4 is 10.1 Å². The molecule has 0 radical (unpaired) electrons. The Hall–Kier alpha value is -1.89. The highest BCUT2D eigenvalue weighted by molar-refractivity contribution is 7.86. The fourth-order valence-corrected chi connectivity index (χ4v) is 1.79. The predicted molar refractivity (Wildman–Crippen MR) is 61.0 cm³/mol. The van der Waals surface area contributed by atoms with Gasteiger partial charge in [-0.1, -0.05) is 12.1 Å². The van der Waals surface area contributed by atoms with Gasteiger partial charge in [0.05, 0.1) is 12.8 Å². The average molecular weight is 253 g/mol. The van der Waals surface area contributed by atoms with Crippen molar-refractivity contribution in [2.45, 2.75) is 6.54 Å². The summed E-state index contributed by atoms with van der Waals surface area (Å²) < 4.78 is 28.2. The van der Waals surface area contributed by atoms with E-state index in [1.54, 1.807) is 35.3 Å². The van der Waals surface area contributed by atoms with Gasteiger partial charge in [0.1, 0.15) is 18.4 Å². The van der Waals surface area contributed by atoms with E-state index in [1.165, 1.54) is 6.33 Å². The Balaban J connectivity index is 2.08. The second-order valence-corrected chi connectivity index (χ2v) is 5.10. The average Bonchev–Trinajstić information content (AvgIpc) is 2.71. The molecule has 0 N–H and O–H groups in total. The first kappa shape index (κ1) is 11.6. The summed E-state index contributed by atoms with van der Waals surface area (Å²) in [6.07, 6.45) is 4.08. The van der Waals surface area contributed by atoms with Crippen LogP contribution < -0.4 is 4.18 Å². The summed E-state index contributed by atoms with van der Waals surface area (Å²) in [6, 6.07) is 6.77. The monoisotopic (exact) mass is 253 g/mol. The Morgan fingerprint density at radius 2 is 2.00 bits per heavy atom. The van der Waals surface area contributed by atoms with E-state index in [0.29, 0.717) is 12.3 Å². The molecular weight excluding hydrogens is 242 g/mol. The van der Waals surface area contributed by atoms with Crippen molar-refractivity contribution in [3.8, 4) is 5.75 Å². The van der Waals surface area contributed by atoms with Crippen molar-refractivity contribution < 1.29 is 12.6 Å². The number of nitrogens with zero attached hydrogens (tertiary/aromatic N) is 3. The van der Waals surface area contributed by atoms with Gasteiger partial charge in [-0.25, -0.2) is 9.67 Å². The van der Waals surface area contributed by atoms with Crippen LogP contribution in [0.3, 0.4) is 0 Å². The molecule has 1 aromatic heterocycles. The number of hydrogen-bond donors (Lipinski definition) is 0. The van der Waals surface area contributed by atoms with Crippen LogP contribution >= 0.6 is 0 Å². The zero-order valence-corrected chi connectivity index (χ0v) is 9.96. The standard InChI is InChI=1S/C10H11N3O3S/c1-17(14,15)16-10-4-2-9(3-5-10)6-13-8-11-7-12-13/h2-5,7-8H,6H2,1H3. The molecule has 6 nitrogen and oxygen atoms in total. The highest BCUT2D eigenvalue weighted by Gasteiger charge is 2.04. The third-order valence-corrected chi connectivity index (χ3v) is 2.48. The molecule has 0 aliphatic heterocycles. The minimum Gasteiger partial charge on any atom is -0.383 e. The molecule has 0 saturated heterocycles. The van der Waals surface area contributed by atoms with Crippen molar-refractivity contribution in [3.05, 3.63) is 42.5 Å². The summed E-state index contributed by atoms with van der Waals surface area (Å²) in [7, 11) is -3.47. The van der Waals surface area contributed by atoms with Crippen LogP contribution in [0.5, 0.6) is 5.75 Å². The minimum absolute atomic E-state index is 0.301. The molecule has 17 heavy (non-hydrogen) atoms. The molecule has 90 valence electrons. The normalized spacial score (nSPS) is 11.4. The van der Waals surface area contributed by atoms with Gasteiger partial charge < -0.3 is 4.18 Å². The smallest absolute Gasteiger partial charge is 0.306 e. The lowest BCUT2D eigenvalue weighted by molar-refractivity contribution is 0.493. The number of benzene rings is 1. The van der Waals surface area contributed by atoms with Crippen molar-refractivity contribution in [2.75, 3.05) is 6.26 Å². The summed E-state index contributed by atoms with van der Waals surface area (Å²) in [4.78, 5) is 3.83. The molecular formula is C10H11N3O3S. The van der Waals surface area contributed by atoms with E-state index in [0.717, 1.165) is 11.8 Å². The van der Waals surface area contributed by atoms with Gasteiger partial charge >= 0.3 is 10.1 Å². The van der Waals surface area contributed by atoms with Crippen LogP contribution in [0.2, 0.25) is 0 Å². The first-order valence-corrected chi connectivity index (χ1v) is 6.65. The molecule has 2 aromatic rings. The number of aromatic nitrogens is 3. The van der Waals surface area contributed by atoms with Crippen molar-refractivity contribution in [1.82, 2.24) is 14.8 Å². The van der Waals surface area contributed by atoms with Gasteiger partial charge in [-0.05, 0) is 17.7 Å². The molecule has 0 spiro atoms. The molecule has 0 atom stereocenters. The van der Waals surface area contributed by atoms with Gasteiger partial charge in [-0.3, -0.25) is 0 Å². The van der Waals surface area contributed by atoms with E-state index in [9.17, 15) is 8.42 Å². The fraction of sp³-hybridized carbons (Fsp3) is 0.200. The third kappa shape index (κ3) is 3.56. The van der Waals surface area contributed by atoms with Crippen LogP contribution in [0.1, 0.15) is 5.56 Å². The summed E-state index contributed by atoms with van der Waals surface area (Å²) >= 11 is 0. The summed E-state index contributed by atoms with van der Waals surface area (Å²) in [6.45, 7) is 0.582. The van der Waals surface area contributed by atoms with Gasteiger partial charge in [0.25, 0.3) is 0 Å². The van der Waals surface area contributed by atoms with Gasteiger partial charge in [0.2, 0.25) is 0 Å². The Morgan fingerprint density at radius 3 is 2.53 bits per heavy atom. The van der Waals surface area contributed by atoms with E-state index >= 15 is 0 Å². The molecule has 0 saturated carbocycles. The maximum atomic E-state index is 10.9. The zero-order chi connectivity index (χ0) is 12.3. The Bertz CT molecular complexity index is 576.